The third-order valence-electron chi connectivity index (χ3n) is 4.00. The lowest BCUT2D eigenvalue weighted by molar-refractivity contribution is -0.0267. The van der Waals surface area contributed by atoms with Crippen LogP contribution < -0.4 is 11.5 Å². The summed E-state index contributed by atoms with van der Waals surface area (Å²) in [5, 5.41) is 0.647. The highest BCUT2D eigenvalue weighted by Crippen LogP contribution is 2.44. The van der Waals surface area contributed by atoms with Crippen LogP contribution in [0.1, 0.15) is 38.5 Å². The van der Waals surface area contributed by atoms with Crippen molar-refractivity contribution in [3.8, 4) is 0 Å². The zero-order valence-electron chi connectivity index (χ0n) is 11.0. The summed E-state index contributed by atoms with van der Waals surface area (Å²) < 4.78 is 6.25. The molecule has 6 heteroatoms. The average Bonchev–Trinajstić information content (AvgIpc) is 2.97. The Morgan fingerprint density at radius 2 is 1.89 bits per heavy atom. The summed E-state index contributed by atoms with van der Waals surface area (Å²) in [5.74, 6) is 1.73. The Hall–Kier alpha value is -1.01. The van der Waals surface area contributed by atoms with Crippen LogP contribution in [0.5, 0.6) is 0 Å². The van der Waals surface area contributed by atoms with Gasteiger partial charge in [-0.05, 0) is 25.7 Å². The van der Waals surface area contributed by atoms with Crippen LogP contribution in [0.25, 0.3) is 0 Å². The molecule has 2 aliphatic rings. The first-order valence-corrected chi connectivity index (χ1v) is 7.84. The maximum Gasteiger partial charge on any atom is 0.191 e. The van der Waals surface area contributed by atoms with E-state index in [1.807, 2.05) is 0 Å². The number of nitrogens with two attached hydrogens (primary N) is 2. The molecule has 104 valence electrons. The third-order valence-corrected chi connectivity index (χ3v) is 4.98. The molecule has 5 nitrogen and oxygen atoms in total. The summed E-state index contributed by atoms with van der Waals surface area (Å²) >= 11 is 1.58. The number of nitrogens with zero attached hydrogens (tertiary/aromatic N) is 2. The molecule has 2 heterocycles. The zero-order chi connectivity index (χ0) is 13.3. The van der Waals surface area contributed by atoms with E-state index in [0.717, 1.165) is 12.2 Å². The second-order valence-corrected chi connectivity index (χ2v) is 6.47. The Morgan fingerprint density at radius 3 is 2.58 bits per heavy atom. The molecular formula is C13H20N4OS. The highest BCUT2D eigenvalue weighted by Gasteiger charge is 2.41. The van der Waals surface area contributed by atoms with Gasteiger partial charge in [0.2, 0.25) is 0 Å². The topological polar surface area (TPSA) is 87.1 Å². The molecule has 1 aliphatic carbocycles. The molecule has 3 rings (SSSR count). The van der Waals surface area contributed by atoms with E-state index in [-0.39, 0.29) is 5.60 Å². The number of hydrogen-bond acceptors (Lipinski definition) is 6. The van der Waals surface area contributed by atoms with Crippen molar-refractivity contribution in [1.82, 2.24) is 9.97 Å². The van der Waals surface area contributed by atoms with E-state index < -0.39 is 0 Å². The van der Waals surface area contributed by atoms with E-state index in [1.165, 1.54) is 32.1 Å². The van der Waals surface area contributed by atoms with Crippen molar-refractivity contribution < 1.29 is 4.74 Å². The minimum absolute atomic E-state index is 0.195. The normalized spacial score (nSPS) is 25.2. The van der Waals surface area contributed by atoms with Crippen LogP contribution in [0.15, 0.2) is 11.2 Å². The fourth-order valence-corrected chi connectivity index (χ4v) is 4.00. The van der Waals surface area contributed by atoms with Crippen molar-refractivity contribution in [3.63, 3.8) is 0 Å². The highest BCUT2D eigenvalue weighted by molar-refractivity contribution is 7.99. The summed E-state index contributed by atoms with van der Waals surface area (Å²) in [7, 11) is 0. The molecule has 1 atom stereocenters. The maximum absolute atomic E-state index is 6.25. The van der Waals surface area contributed by atoms with Crippen molar-refractivity contribution in [1.29, 1.82) is 0 Å². The van der Waals surface area contributed by atoms with Gasteiger partial charge in [0.15, 0.2) is 5.16 Å². The standard InChI is InChI=1S/C13H20N4OS/c14-10-7-11(15)17-12(16-10)19-8-9-3-6-13(18-9)4-1-2-5-13/h7,9H,1-6,8H2,(H4,14,15,16,17). The Bertz CT molecular complexity index is 442. The second kappa shape index (κ2) is 5.17. The molecule has 1 aromatic heterocycles. The lowest BCUT2D eigenvalue weighted by Gasteiger charge is -2.23. The second-order valence-electron chi connectivity index (χ2n) is 5.48. The van der Waals surface area contributed by atoms with Crippen LogP contribution in [-0.4, -0.2) is 27.4 Å². The molecule has 1 saturated heterocycles. The summed E-state index contributed by atoms with van der Waals surface area (Å²) in [6.07, 6.45) is 7.76. The Kier molecular flexibility index (Phi) is 3.54. The third kappa shape index (κ3) is 2.95. The van der Waals surface area contributed by atoms with Crippen molar-refractivity contribution in [2.24, 2.45) is 0 Å². The molecule has 1 aromatic rings. The molecule has 2 fully saturated rings. The number of rotatable bonds is 3. The van der Waals surface area contributed by atoms with Crippen LogP contribution in [0.3, 0.4) is 0 Å². The van der Waals surface area contributed by atoms with Gasteiger partial charge in [0.05, 0.1) is 11.7 Å². The van der Waals surface area contributed by atoms with Crippen LogP contribution in [-0.2, 0) is 4.74 Å². The molecular weight excluding hydrogens is 260 g/mol. The van der Waals surface area contributed by atoms with Gasteiger partial charge in [0.1, 0.15) is 11.6 Å². The molecule has 1 unspecified atom stereocenters. The molecule has 4 N–H and O–H groups in total. The van der Waals surface area contributed by atoms with Gasteiger partial charge in [0.25, 0.3) is 0 Å². The summed E-state index contributed by atoms with van der Waals surface area (Å²) in [6, 6.07) is 1.57. The minimum Gasteiger partial charge on any atom is -0.383 e. The van der Waals surface area contributed by atoms with E-state index in [4.69, 9.17) is 16.2 Å². The quantitative estimate of drug-likeness (QED) is 0.652. The van der Waals surface area contributed by atoms with Crippen LogP contribution in [0.2, 0.25) is 0 Å². The van der Waals surface area contributed by atoms with Crippen molar-refractivity contribution >= 4 is 23.4 Å². The molecule has 0 bridgehead atoms. The SMILES string of the molecule is Nc1cc(N)nc(SCC2CCC3(CCCC3)O2)n1. The lowest BCUT2D eigenvalue weighted by Crippen LogP contribution is -2.25. The van der Waals surface area contributed by atoms with Crippen molar-refractivity contribution in [2.45, 2.75) is 55.4 Å². The predicted octanol–water partition coefficient (Wildman–Crippen LogP) is 2.22. The van der Waals surface area contributed by atoms with E-state index in [2.05, 4.69) is 9.97 Å². The first kappa shape index (κ1) is 13.0. The van der Waals surface area contributed by atoms with Gasteiger partial charge in [-0.25, -0.2) is 9.97 Å². The van der Waals surface area contributed by atoms with Crippen molar-refractivity contribution in [3.05, 3.63) is 6.07 Å². The summed E-state index contributed by atoms with van der Waals surface area (Å²) in [6.45, 7) is 0. The predicted molar refractivity (Wildman–Crippen MR) is 76.9 cm³/mol. The number of ether oxygens (including phenoxy) is 1. The van der Waals surface area contributed by atoms with Gasteiger partial charge in [-0.1, -0.05) is 24.6 Å². The van der Waals surface area contributed by atoms with Gasteiger partial charge < -0.3 is 16.2 Å². The van der Waals surface area contributed by atoms with E-state index in [1.54, 1.807) is 17.8 Å². The number of thioether (sulfide) groups is 1. The number of anilines is 2. The average molecular weight is 280 g/mol. The van der Waals surface area contributed by atoms with Gasteiger partial charge in [-0.3, -0.25) is 0 Å². The Morgan fingerprint density at radius 1 is 1.21 bits per heavy atom. The van der Waals surface area contributed by atoms with E-state index >= 15 is 0 Å². The monoisotopic (exact) mass is 280 g/mol. The highest BCUT2D eigenvalue weighted by atomic mass is 32.2. The number of hydrogen-bond donors (Lipinski definition) is 2. The fourth-order valence-electron chi connectivity index (χ4n) is 3.09. The maximum atomic E-state index is 6.25. The van der Waals surface area contributed by atoms with Gasteiger partial charge in [-0.2, -0.15) is 0 Å². The molecule has 1 saturated carbocycles. The smallest absolute Gasteiger partial charge is 0.191 e. The summed E-state index contributed by atoms with van der Waals surface area (Å²) in [4.78, 5) is 8.36. The Labute approximate surface area is 117 Å². The molecule has 0 aromatic carbocycles. The van der Waals surface area contributed by atoms with Gasteiger partial charge >= 0.3 is 0 Å². The molecule has 19 heavy (non-hydrogen) atoms. The van der Waals surface area contributed by atoms with E-state index in [0.29, 0.717) is 22.9 Å². The fraction of sp³-hybridized carbons (Fsp3) is 0.692. The largest absolute Gasteiger partial charge is 0.383 e. The van der Waals surface area contributed by atoms with Gasteiger partial charge in [0, 0.05) is 11.8 Å². The van der Waals surface area contributed by atoms with Crippen LogP contribution in [0, 0.1) is 0 Å². The molecule has 0 amide bonds. The first-order chi connectivity index (χ1) is 9.15. The lowest BCUT2D eigenvalue weighted by atomic mass is 9.98. The van der Waals surface area contributed by atoms with Crippen molar-refractivity contribution in [2.75, 3.05) is 17.2 Å². The number of aromatic nitrogens is 2. The molecule has 1 spiro atoms. The van der Waals surface area contributed by atoms with Crippen LogP contribution in [0.4, 0.5) is 11.6 Å². The first-order valence-electron chi connectivity index (χ1n) is 6.86. The van der Waals surface area contributed by atoms with Gasteiger partial charge in [-0.15, -0.1) is 0 Å². The summed E-state index contributed by atoms with van der Waals surface area (Å²) in [5.41, 5.74) is 11.5. The van der Waals surface area contributed by atoms with E-state index in [9.17, 15) is 0 Å². The Balaban J connectivity index is 1.55. The van der Waals surface area contributed by atoms with Crippen LogP contribution >= 0.6 is 11.8 Å². The molecule has 0 radical (unpaired) electrons. The minimum atomic E-state index is 0.195. The zero-order valence-corrected chi connectivity index (χ0v) is 11.8. The number of nitrogen functional groups attached to an aromatic ring is 2. The molecule has 1 aliphatic heterocycles.